The summed E-state index contributed by atoms with van der Waals surface area (Å²) in [6, 6.07) is 8.40. The summed E-state index contributed by atoms with van der Waals surface area (Å²) in [7, 11) is 0. The number of unbranched alkanes of at least 4 members (excludes halogenated alkanes) is 2. The Morgan fingerprint density at radius 1 is 1.17 bits per heavy atom. The predicted molar refractivity (Wildman–Crippen MR) is 112 cm³/mol. The van der Waals surface area contributed by atoms with Gasteiger partial charge in [0.25, 0.3) is 0 Å². The molecule has 0 unspecified atom stereocenters. The summed E-state index contributed by atoms with van der Waals surface area (Å²) in [5, 5.41) is 0. The average molecular weight is 385 g/mol. The van der Waals surface area contributed by atoms with Crippen LogP contribution in [-0.2, 0) is 5.88 Å². The molecule has 0 saturated heterocycles. The van der Waals surface area contributed by atoms with Crippen molar-refractivity contribution in [2.24, 2.45) is 0 Å². The SMILES string of the molecule is CCCCN(CCCC)C(=S)SCn1c(=S)sc2ccccc21. The van der Waals surface area contributed by atoms with Gasteiger partial charge < -0.3 is 9.47 Å². The molecule has 126 valence electrons. The Labute approximate surface area is 157 Å². The minimum atomic E-state index is 0.802. The van der Waals surface area contributed by atoms with Crippen LogP contribution in [0.15, 0.2) is 24.3 Å². The molecule has 0 aliphatic rings. The van der Waals surface area contributed by atoms with Gasteiger partial charge in [0.05, 0.1) is 16.1 Å². The predicted octanol–water partition coefficient (Wildman–Crippen LogP) is 6.31. The number of thioether (sulfide) groups is 1. The third-order valence-electron chi connectivity index (χ3n) is 3.71. The van der Waals surface area contributed by atoms with Crippen LogP contribution in [0.2, 0.25) is 0 Å². The second kappa shape index (κ2) is 9.77. The Balaban J connectivity index is 2.03. The van der Waals surface area contributed by atoms with Crippen molar-refractivity contribution in [2.45, 2.75) is 45.4 Å². The third kappa shape index (κ3) is 5.28. The van der Waals surface area contributed by atoms with E-state index in [1.54, 1.807) is 23.1 Å². The minimum Gasteiger partial charge on any atom is -0.357 e. The van der Waals surface area contributed by atoms with Crippen molar-refractivity contribution in [3.63, 3.8) is 0 Å². The summed E-state index contributed by atoms with van der Waals surface area (Å²) >= 11 is 14.6. The zero-order valence-electron chi connectivity index (χ0n) is 13.8. The normalized spacial score (nSPS) is 11.0. The fourth-order valence-electron chi connectivity index (χ4n) is 2.34. The first-order valence-corrected chi connectivity index (χ1v) is 10.8. The van der Waals surface area contributed by atoms with Crippen LogP contribution in [0.5, 0.6) is 0 Å². The fraction of sp³-hybridized carbons (Fsp3) is 0.529. The molecule has 1 aromatic carbocycles. The lowest BCUT2D eigenvalue weighted by atomic mass is 10.3. The van der Waals surface area contributed by atoms with Gasteiger partial charge in [-0.3, -0.25) is 0 Å². The van der Waals surface area contributed by atoms with E-state index >= 15 is 0 Å². The lowest BCUT2D eigenvalue weighted by Crippen LogP contribution is -2.29. The molecule has 0 atom stereocenters. The van der Waals surface area contributed by atoms with E-state index < -0.39 is 0 Å². The number of rotatable bonds is 8. The van der Waals surface area contributed by atoms with Crippen molar-refractivity contribution >= 4 is 62.1 Å². The molecule has 2 aromatic rings. The van der Waals surface area contributed by atoms with Crippen molar-refractivity contribution < 1.29 is 0 Å². The second-order valence-electron chi connectivity index (χ2n) is 5.50. The van der Waals surface area contributed by atoms with Crippen molar-refractivity contribution in [2.75, 3.05) is 13.1 Å². The Kier molecular flexibility index (Phi) is 8.03. The molecule has 0 radical (unpaired) electrons. The zero-order valence-corrected chi connectivity index (χ0v) is 17.1. The van der Waals surface area contributed by atoms with E-state index in [2.05, 4.69) is 47.6 Å². The van der Waals surface area contributed by atoms with Gasteiger partial charge in [0.1, 0.15) is 4.32 Å². The van der Waals surface area contributed by atoms with E-state index in [9.17, 15) is 0 Å². The number of fused-ring (bicyclic) bond motifs is 1. The Morgan fingerprint density at radius 2 is 1.83 bits per heavy atom. The van der Waals surface area contributed by atoms with E-state index in [0.29, 0.717) is 0 Å². The molecule has 0 bridgehead atoms. The molecule has 0 aliphatic carbocycles. The molecule has 0 amide bonds. The summed E-state index contributed by atoms with van der Waals surface area (Å²) in [6.45, 7) is 6.59. The van der Waals surface area contributed by atoms with Gasteiger partial charge in [-0.2, -0.15) is 0 Å². The maximum absolute atomic E-state index is 5.69. The highest BCUT2D eigenvalue weighted by Crippen LogP contribution is 2.25. The number of nitrogens with zero attached hydrogens (tertiary/aromatic N) is 2. The Morgan fingerprint density at radius 3 is 2.48 bits per heavy atom. The smallest absolute Gasteiger partial charge is 0.162 e. The van der Waals surface area contributed by atoms with Crippen molar-refractivity contribution in [3.05, 3.63) is 28.2 Å². The van der Waals surface area contributed by atoms with Gasteiger partial charge in [0.2, 0.25) is 0 Å². The van der Waals surface area contributed by atoms with Crippen LogP contribution >= 0.6 is 47.5 Å². The van der Waals surface area contributed by atoms with Crippen LogP contribution in [0.3, 0.4) is 0 Å². The fourth-order valence-corrected chi connectivity index (χ4v) is 5.04. The van der Waals surface area contributed by atoms with Crippen LogP contribution in [0, 0.1) is 3.95 Å². The van der Waals surface area contributed by atoms with Gasteiger partial charge in [-0.25, -0.2) is 0 Å². The molecule has 6 heteroatoms. The number of thiocarbonyl (C=S) groups is 1. The molecule has 1 aromatic heterocycles. The van der Waals surface area contributed by atoms with Crippen LogP contribution in [0.1, 0.15) is 39.5 Å². The van der Waals surface area contributed by atoms with E-state index in [0.717, 1.165) is 27.2 Å². The van der Waals surface area contributed by atoms with Crippen molar-refractivity contribution in [1.82, 2.24) is 9.47 Å². The molecular weight excluding hydrogens is 360 g/mol. The average Bonchev–Trinajstić information content (AvgIpc) is 2.88. The summed E-state index contributed by atoms with van der Waals surface area (Å²) in [4.78, 5) is 2.37. The van der Waals surface area contributed by atoms with E-state index in [4.69, 9.17) is 24.4 Å². The maximum Gasteiger partial charge on any atom is 0.162 e. The molecule has 1 heterocycles. The first-order chi connectivity index (χ1) is 11.2. The third-order valence-corrected chi connectivity index (χ3v) is 6.65. The summed E-state index contributed by atoms with van der Waals surface area (Å²) in [5.41, 5.74) is 1.21. The quantitative estimate of drug-likeness (QED) is 0.492. The highest BCUT2D eigenvalue weighted by molar-refractivity contribution is 8.22. The first kappa shape index (κ1) is 18.9. The van der Waals surface area contributed by atoms with Crippen LogP contribution in [-0.4, -0.2) is 26.9 Å². The Hall–Kier alpha value is -0.430. The Bertz CT molecular complexity index is 681. The largest absolute Gasteiger partial charge is 0.357 e. The van der Waals surface area contributed by atoms with E-state index in [1.165, 1.54) is 35.9 Å². The minimum absolute atomic E-state index is 0.802. The molecule has 23 heavy (non-hydrogen) atoms. The summed E-state index contributed by atoms with van der Waals surface area (Å²) in [5.74, 6) is 0.802. The van der Waals surface area contributed by atoms with Gasteiger partial charge in [-0.1, -0.05) is 62.8 Å². The first-order valence-electron chi connectivity index (χ1n) is 8.17. The molecule has 0 spiro atoms. The standard InChI is InChI=1S/C17H24N2S4/c1-3-5-11-18(12-6-4-2)16(20)22-13-19-14-9-7-8-10-15(14)23-17(19)21/h7-10H,3-6,11-13H2,1-2H3. The molecule has 2 rings (SSSR count). The lowest BCUT2D eigenvalue weighted by Gasteiger charge is -2.24. The van der Waals surface area contributed by atoms with Gasteiger partial charge >= 0.3 is 0 Å². The van der Waals surface area contributed by atoms with Gasteiger partial charge in [0.15, 0.2) is 3.95 Å². The molecule has 0 N–H and O–H groups in total. The number of hydrogen-bond acceptors (Lipinski definition) is 4. The number of thiazole rings is 1. The van der Waals surface area contributed by atoms with Crippen molar-refractivity contribution in [3.8, 4) is 0 Å². The van der Waals surface area contributed by atoms with E-state index in [-0.39, 0.29) is 0 Å². The van der Waals surface area contributed by atoms with Crippen LogP contribution in [0.4, 0.5) is 0 Å². The van der Waals surface area contributed by atoms with Gasteiger partial charge in [-0.15, -0.1) is 11.3 Å². The second-order valence-corrected chi connectivity index (χ2v) is 8.75. The number of hydrogen-bond donors (Lipinski definition) is 0. The molecule has 2 nitrogen and oxygen atoms in total. The van der Waals surface area contributed by atoms with Gasteiger partial charge in [0, 0.05) is 13.1 Å². The van der Waals surface area contributed by atoms with E-state index in [1.807, 2.05) is 0 Å². The van der Waals surface area contributed by atoms with Crippen LogP contribution in [0.25, 0.3) is 10.2 Å². The molecule has 0 fully saturated rings. The topological polar surface area (TPSA) is 8.17 Å². The van der Waals surface area contributed by atoms with Gasteiger partial charge in [-0.05, 0) is 37.2 Å². The molecular formula is C17H24N2S4. The number of para-hydroxylation sites is 1. The maximum atomic E-state index is 5.69. The number of aromatic nitrogens is 1. The van der Waals surface area contributed by atoms with Crippen molar-refractivity contribution in [1.29, 1.82) is 0 Å². The summed E-state index contributed by atoms with van der Waals surface area (Å²) in [6.07, 6.45) is 4.81. The molecule has 0 aliphatic heterocycles. The molecule has 0 saturated carbocycles. The number of benzene rings is 1. The highest BCUT2D eigenvalue weighted by atomic mass is 32.2. The zero-order chi connectivity index (χ0) is 16.7. The monoisotopic (exact) mass is 384 g/mol. The van der Waals surface area contributed by atoms with Crippen LogP contribution < -0.4 is 0 Å². The highest BCUT2D eigenvalue weighted by Gasteiger charge is 2.11. The lowest BCUT2D eigenvalue weighted by molar-refractivity contribution is 0.410. The summed E-state index contributed by atoms with van der Waals surface area (Å²) < 4.78 is 5.38.